The van der Waals surface area contributed by atoms with E-state index in [9.17, 15) is 0 Å². The Morgan fingerprint density at radius 2 is 0.493 bits per heavy atom. The van der Waals surface area contributed by atoms with Crippen molar-refractivity contribution < 1.29 is 52.7 Å². The first-order valence-electron chi connectivity index (χ1n) is 44.2. The number of rotatable bonds is 18. The summed E-state index contributed by atoms with van der Waals surface area (Å²) in [6, 6.07) is 115. The van der Waals surface area contributed by atoms with E-state index >= 15 is 52.7 Å². The van der Waals surface area contributed by atoms with Crippen molar-refractivity contribution in [2.45, 2.75) is 51.4 Å². The maximum atomic E-state index is 16.0. The van der Waals surface area contributed by atoms with Gasteiger partial charge in [0.15, 0.2) is 11.6 Å². The van der Waals surface area contributed by atoms with Crippen LogP contribution in [0.3, 0.4) is 0 Å². The SMILES string of the molecule is Cc1ccc(-c2ccc3c(c2)c2cc(-c4ccc(CCc5ccc(-c6ccc7c(c6)c6ccccc6n7-c6c(-c7ccccc7C(F)(F)F)cc(-c7nc(-c8ccccc8)cc(-c8ccccc8)n7)cc6-c6ccccc6C(F)(F)F)c(C)c5)cc4)ccc2n3-c2c(-c3ccccc3C(F)(F)F)cc(-c3nc(-c4ccccc4)cc(-c4ccccc4)n3)cc2-c2ccccc2C(F)(F)F)cc1. The Labute approximate surface area is 774 Å². The van der Waals surface area contributed by atoms with Gasteiger partial charge in [-0.3, -0.25) is 0 Å². The van der Waals surface area contributed by atoms with Crippen molar-refractivity contribution in [1.82, 2.24) is 29.1 Å². The summed E-state index contributed by atoms with van der Waals surface area (Å²) in [5.41, 5.74) is 10.9. The molecular weight excluding hydrogens is 1730 g/mol. The fourth-order valence-electron chi connectivity index (χ4n) is 19.0. The van der Waals surface area contributed by atoms with Gasteiger partial charge in [-0.2, -0.15) is 52.7 Å². The molecule has 0 N–H and O–H groups in total. The molecule has 0 bridgehead atoms. The van der Waals surface area contributed by atoms with Gasteiger partial charge in [0, 0.05) is 77.2 Å². The van der Waals surface area contributed by atoms with Crippen molar-refractivity contribution in [2.75, 3.05) is 0 Å². The van der Waals surface area contributed by atoms with E-state index in [0.717, 1.165) is 79.9 Å². The number of hydrogen-bond acceptors (Lipinski definition) is 4. The van der Waals surface area contributed by atoms with Crippen LogP contribution in [0.15, 0.2) is 400 Å². The number of para-hydroxylation sites is 1. The summed E-state index contributed by atoms with van der Waals surface area (Å²) >= 11 is 0. The monoisotopic (exact) mass is 1800 g/mol. The molecule has 0 atom stereocenters. The van der Waals surface area contributed by atoms with Crippen molar-refractivity contribution >= 4 is 43.6 Å². The van der Waals surface area contributed by atoms with Crippen LogP contribution in [0.4, 0.5) is 52.7 Å². The third kappa shape index (κ3) is 16.5. The molecule has 4 aromatic heterocycles. The van der Waals surface area contributed by atoms with Crippen molar-refractivity contribution in [1.29, 1.82) is 0 Å². The maximum Gasteiger partial charge on any atom is 0.417 e. The standard InChI is InChI=1S/C118H76F12N6/c1-71-43-50-75(51-44-71)81-54-58-109-93(62-81)94-63-82(55-59-110(94)136(109)112-97(89-35-17-22-40-101(89)117(125,126)127)67-85(68-98(112)90-36-18-23-41-102(90)118(128,129)130)114-133-105(79-29-11-5-12-30-79)70-106(134-114)80-31-13-6-14-32-80)76-52-47-73(48-53-76)45-46-74-49-57-86(72(2)61-74)83-56-60-108-92(64-83)91-37-19-24-42-107(91)135(108)111-95(87-33-15-20-38-99(87)115(119,120)121)65-84(66-96(111)88-34-16-21-39-100(88)116(122,123)124)113-131-103(77-25-7-3-8-26-77)69-104(132-113)78-27-9-4-10-28-78/h3-44,47-70H,45-46H2,1-2H3. The number of fused-ring (bicyclic) bond motifs is 6. The van der Waals surface area contributed by atoms with Gasteiger partial charge in [0.05, 0.1) is 78.5 Å². The molecule has 0 radical (unpaired) electrons. The Bertz CT molecular complexity index is 7930. The number of aromatic nitrogens is 6. The van der Waals surface area contributed by atoms with Gasteiger partial charge in [-0.05, 0) is 202 Å². The van der Waals surface area contributed by atoms with Crippen LogP contribution in [0.5, 0.6) is 0 Å². The smallest absolute Gasteiger partial charge is 0.308 e. The van der Waals surface area contributed by atoms with Crippen LogP contribution >= 0.6 is 0 Å². The zero-order valence-electron chi connectivity index (χ0n) is 72.7. The van der Waals surface area contributed by atoms with Crippen LogP contribution in [0, 0.1) is 13.8 Å². The van der Waals surface area contributed by atoms with Crippen LogP contribution in [-0.2, 0) is 37.5 Å². The quantitative estimate of drug-likeness (QED) is 0.0803. The second-order valence-corrected chi connectivity index (χ2v) is 34.0. The Morgan fingerprint density at radius 3 is 0.853 bits per heavy atom. The van der Waals surface area contributed by atoms with Crippen LogP contribution in [0.1, 0.15) is 44.5 Å². The topological polar surface area (TPSA) is 61.4 Å². The van der Waals surface area contributed by atoms with Crippen LogP contribution in [0.2, 0.25) is 0 Å². The van der Waals surface area contributed by atoms with Crippen molar-refractivity contribution in [2.24, 2.45) is 0 Å². The van der Waals surface area contributed by atoms with Crippen molar-refractivity contribution in [3.05, 3.63) is 445 Å². The van der Waals surface area contributed by atoms with Gasteiger partial charge in [-0.25, -0.2) is 19.9 Å². The fraction of sp³-hybridized carbons (Fsp3) is 0.0678. The molecular formula is C118H76F12N6. The van der Waals surface area contributed by atoms with Gasteiger partial charge >= 0.3 is 24.7 Å². The van der Waals surface area contributed by atoms with E-state index in [1.54, 1.807) is 45.5 Å². The molecule has 0 amide bonds. The Morgan fingerprint density at radius 1 is 0.206 bits per heavy atom. The Hall–Kier alpha value is -16.3. The summed E-state index contributed by atoms with van der Waals surface area (Å²) in [7, 11) is 0. The summed E-state index contributed by atoms with van der Waals surface area (Å²) in [5, 5.41) is 2.71. The van der Waals surface area contributed by atoms with E-state index in [1.165, 1.54) is 72.8 Å². The molecule has 21 rings (SSSR count). The zero-order chi connectivity index (χ0) is 93.5. The second-order valence-electron chi connectivity index (χ2n) is 34.0. The lowest BCUT2D eigenvalue weighted by Crippen LogP contribution is -2.11. The summed E-state index contributed by atoms with van der Waals surface area (Å²) in [4.78, 5) is 20.3. The number of halogens is 12. The molecule has 0 aliphatic carbocycles. The maximum absolute atomic E-state index is 16.0. The van der Waals surface area contributed by atoms with Crippen molar-refractivity contribution in [3.8, 4) is 157 Å². The van der Waals surface area contributed by atoms with E-state index in [2.05, 4.69) is 30.3 Å². The van der Waals surface area contributed by atoms with Gasteiger partial charge in [0.1, 0.15) is 0 Å². The first kappa shape index (κ1) is 86.4. The van der Waals surface area contributed by atoms with Gasteiger partial charge in [0.2, 0.25) is 0 Å². The van der Waals surface area contributed by atoms with E-state index in [0.29, 0.717) is 101 Å². The minimum Gasteiger partial charge on any atom is -0.308 e. The van der Waals surface area contributed by atoms with Crippen molar-refractivity contribution in [3.63, 3.8) is 0 Å². The molecule has 17 aromatic carbocycles. The molecule has 0 aliphatic heterocycles. The third-order valence-corrected chi connectivity index (χ3v) is 25.4. The molecule has 18 heteroatoms. The molecule has 0 saturated carbocycles. The predicted octanol–water partition coefficient (Wildman–Crippen LogP) is 33.6. The van der Waals surface area contributed by atoms with Gasteiger partial charge in [0.25, 0.3) is 0 Å². The van der Waals surface area contributed by atoms with Gasteiger partial charge in [-0.15, -0.1) is 0 Å². The molecule has 21 aromatic rings. The van der Waals surface area contributed by atoms with Crippen LogP contribution in [0.25, 0.3) is 201 Å². The molecule has 136 heavy (non-hydrogen) atoms. The Kier molecular flexibility index (Phi) is 22.0. The number of aryl methyl sites for hydroxylation is 4. The minimum absolute atomic E-state index is 0.0277. The first-order valence-corrected chi connectivity index (χ1v) is 44.2. The number of nitrogens with zero attached hydrogens (tertiary/aromatic N) is 6. The molecule has 0 fully saturated rings. The molecule has 4 heterocycles. The normalized spacial score (nSPS) is 12.1. The highest BCUT2D eigenvalue weighted by molar-refractivity contribution is 6.15. The zero-order valence-corrected chi connectivity index (χ0v) is 72.7. The highest BCUT2D eigenvalue weighted by Crippen LogP contribution is 2.54. The molecule has 662 valence electrons. The second kappa shape index (κ2) is 34.7. The lowest BCUT2D eigenvalue weighted by atomic mass is 9.88. The number of benzene rings is 17. The summed E-state index contributed by atoms with van der Waals surface area (Å²) in [5.74, 6) is 0.122. The first-order chi connectivity index (χ1) is 65.8. The average Bonchev–Trinajstić information content (AvgIpc) is 1.58. The molecule has 6 nitrogen and oxygen atoms in total. The highest BCUT2D eigenvalue weighted by Gasteiger charge is 2.41. The average molecular weight is 1810 g/mol. The van der Waals surface area contributed by atoms with E-state index < -0.39 is 47.0 Å². The lowest BCUT2D eigenvalue weighted by Gasteiger charge is -2.24. The summed E-state index contributed by atoms with van der Waals surface area (Å²) < 4.78 is 195. The van der Waals surface area contributed by atoms with Crippen LogP contribution in [-0.4, -0.2) is 29.1 Å². The molecule has 0 spiro atoms. The number of alkyl halides is 12. The summed E-state index contributed by atoms with van der Waals surface area (Å²) in [6.45, 7) is 4.01. The lowest BCUT2D eigenvalue weighted by molar-refractivity contribution is -0.137. The van der Waals surface area contributed by atoms with Crippen LogP contribution < -0.4 is 0 Å². The highest BCUT2D eigenvalue weighted by atomic mass is 19.4. The van der Waals surface area contributed by atoms with E-state index in [-0.39, 0.29) is 78.7 Å². The summed E-state index contributed by atoms with van der Waals surface area (Å²) in [6.07, 6.45) is -18.5. The molecule has 0 saturated heterocycles. The van der Waals surface area contributed by atoms with Gasteiger partial charge < -0.3 is 9.13 Å². The molecule has 0 aliphatic rings. The van der Waals surface area contributed by atoms with E-state index in [1.807, 2.05) is 250 Å². The largest absolute Gasteiger partial charge is 0.417 e. The Balaban J connectivity index is 0.656. The van der Waals surface area contributed by atoms with E-state index in [4.69, 9.17) is 19.9 Å². The predicted molar refractivity (Wildman–Crippen MR) is 520 cm³/mol. The fourth-order valence-corrected chi connectivity index (χ4v) is 19.0. The third-order valence-electron chi connectivity index (χ3n) is 25.4. The molecule has 0 unspecified atom stereocenters. The number of hydrogen-bond donors (Lipinski definition) is 0. The van der Waals surface area contributed by atoms with Gasteiger partial charge in [-0.1, -0.05) is 303 Å². The minimum atomic E-state index is -4.95.